The number of hydrogen-bond acceptors (Lipinski definition) is 6. The Labute approximate surface area is 188 Å². The van der Waals surface area contributed by atoms with Gasteiger partial charge in [-0.2, -0.15) is 0 Å². The second kappa shape index (κ2) is 9.57. The molecule has 8 heteroatoms. The molecule has 2 aliphatic heterocycles. The Balaban J connectivity index is 1.37. The van der Waals surface area contributed by atoms with E-state index in [1.54, 1.807) is 11.0 Å². The Morgan fingerprint density at radius 3 is 2.62 bits per heavy atom. The summed E-state index contributed by atoms with van der Waals surface area (Å²) in [4.78, 5) is 17.5. The average Bonchev–Trinajstić information content (AvgIpc) is 3.29. The molecule has 29 heavy (non-hydrogen) atoms. The van der Waals surface area contributed by atoms with E-state index < -0.39 is 0 Å². The van der Waals surface area contributed by atoms with Gasteiger partial charge in [-0.1, -0.05) is 52.0 Å². The Morgan fingerprint density at radius 1 is 1.10 bits per heavy atom. The van der Waals surface area contributed by atoms with Gasteiger partial charge in [-0.25, -0.2) is 0 Å². The molecule has 0 unspecified atom stereocenters. The Hall–Kier alpha value is -1.45. The molecule has 0 bridgehead atoms. The molecule has 4 rings (SSSR count). The maximum absolute atomic E-state index is 12.8. The van der Waals surface area contributed by atoms with Crippen LogP contribution in [0.2, 0.25) is 0 Å². The molecule has 0 spiro atoms. The minimum atomic E-state index is -0.0384. The number of morpholine rings is 1. The largest absolute Gasteiger partial charge is 0.457 e. The fourth-order valence-electron chi connectivity index (χ4n) is 3.30. The van der Waals surface area contributed by atoms with Gasteiger partial charge in [0.15, 0.2) is 0 Å². The molecule has 1 aromatic heterocycles. The summed E-state index contributed by atoms with van der Waals surface area (Å²) in [5.41, 5.74) is 0.989. The number of ether oxygens (including phenoxy) is 1. The molecule has 5 nitrogen and oxygen atoms in total. The fraction of sp³-hybridized carbons (Fsp3) is 0.333. The van der Waals surface area contributed by atoms with Crippen molar-refractivity contribution in [3.8, 4) is 11.3 Å². The van der Waals surface area contributed by atoms with E-state index in [1.165, 1.54) is 11.8 Å². The van der Waals surface area contributed by atoms with Crippen molar-refractivity contribution in [1.29, 1.82) is 0 Å². The van der Waals surface area contributed by atoms with Crippen LogP contribution in [0.5, 0.6) is 0 Å². The van der Waals surface area contributed by atoms with Gasteiger partial charge in [-0.15, -0.1) is 0 Å². The standard InChI is InChI=1S/C21H21BrN2O3S2/c22-16-4-2-15(3-5-16)18-7-6-17(27-18)14-19-20(25)24(21(28)29-19)9-1-8-23-10-12-26-13-11-23/h2-7,14H,1,8-13H2/b19-14+. The zero-order valence-corrected chi connectivity index (χ0v) is 19.0. The molecule has 0 saturated carbocycles. The summed E-state index contributed by atoms with van der Waals surface area (Å²) in [6, 6.07) is 11.7. The van der Waals surface area contributed by atoms with E-state index in [4.69, 9.17) is 21.4 Å². The molecule has 2 fully saturated rings. The Kier molecular flexibility index (Phi) is 6.87. The third-order valence-corrected chi connectivity index (χ3v) is 6.77. The Morgan fingerprint density at radius 2 is 1.86 bits per heavy atom. The van der Waals surface area contributed by atoms with Gasteiger partial charge in [-0.05, 0) is 30.7 Å². The van der Waals surface area contributed by atoms with Crippen LogP contribution < -0.4 is 0 Å². The number of thiocarbonyl (C=S) groups is 1. The normalized spacial score (nSPS) is 19.5. The molecule has 0 atom stereocenters. The maximum Gasteiger partial charge on any atom is 0.266 e. The van der Waals surface area contributed by atoms with Gasteiger partial charge in [0.25, 0.3) is 5.91 Å². The summed E-state index contributed by atoms with van der Waals surface area (Å²) >= 11 is 10.2. The molecule has 1 amide bonds. The highest BCUT2D eigenvalue weighted by Crippen LogP contribution is 2.33. The molecule has 152 valence electrons. The van der Waals surface area contributed by atoms with E-state index in [0.717, 1.165) is 55.1 Å². The highest BCUT2D eigenvalue weighted by Gasteiger charge is 2.32. The van der Waals surface area contributed by atoms with E-state index in [-0.39, 0.29) is 5.91 Å². The minimum Gasteiger partial charge on any atom is -0.457 e. The highest BCUT2D eigenvalue weighted by molar-refractivity contribution is 9.10. The van der Waals surface area contributed by atoms with Crippen LogP contribution in [0.25, 0.3) is 17.4 Å². The topological polar surface area (TPSA) is 45.9 Å². The van der Waals surface area contributed by atoms with E-state index in [9.17, 15) is 4.79 Å². The zero-order chi connectivity index (χ0) is 20.2. The van der Waals surface area contributed by atoms with Gasteiger partial charge >= 0.3 is 0 Å². The zero-order valence-electron chi connectivity index (χ0n) is 15.8. The van der Waals surface area contributed by atoms with Crippen LogP contribution in [-0.2, 0) is 9.53 Å². The molecule has 3 heterocycles. The third-order valence-electron chi connectivity index (χ3n) is 4.86. The monoisotopic (exact) mass is 492 g/mol. The lowest BCUT2D eigenvalue weighted by Gasteiger charge is -2.27. The first kappa shape index (κ1) is 20.8. The van der Waals surface area contributed by atoms with Crippen LogP contribution in [0.1, 0.15) is 12.2 Å². The number of thioether (sulfide) groups is 1. The lowest BCUT2D eigenvalue weighted by atomic mass is 10.2. The number of amides is 1. The number of nitrogens with zero attached hydrogens (tertiary/aromatic N) is 2. The molecule has 0 aliphatic carbocycles. The molecule has 0 N–H and O–H groups in total. The average molecular weight is 493 g/mol. The number of halogens is 1. The van der Waals surface area contributed by atoms with Crippen LogP contribution in [0.15, 0.2) is 50.2 Å². The lowest BCUT2D eigenvalue weighted by molar-refractivity contribution is -0.122. The van der Waals surface area contributed by atoms with Gasteiger partial charge < -0.3 is 9.15 Å². The predicted molar refractivity (Wildman–Crippen MR) is 124 cm³/mol. The number of carbonyl (C=O) groups excluding carboxylic acids is 1. The number of benzene rings is 1. The highest BCUT2D eigenvalue weighted by atomic mass is 79.9. The van der Waals surface area contributed by atoms with Gasteiger partial charge in [0, 0.05) is 42.3 Å². The summed E-state index contributed by atoms with van der Waals surface area (Å²) in [7, 11) is 0. The Bertz CT molecular complexity index is 920. The second-order valence-electron chi connectivity index (χ2n) is 6.85. The first-order valence-corrected chi connectivity index (χ1v) is 11.5. The van der Waals surface area contributed by atoms with Crippen molar-refractivity contribution in [3.05, 3.63) is 51.5 Å². The van der Waals surface area contributed by atoms with E-state index in [0.29, 0.717) is 21.5 Å². The van der Waals surface area contributed by atoms with Crippen LogP contribution in [0, 0.1) is 0 Å². The summed E-state index contributed by atoms with van der Waals surface area (Å²) in [6.45, 7) is 5.08. The van der Waals surface area contributed by atoms with E-state index in [2.05, 4.69) is 20.8 Å². The first-order valence-electron chi connectivity index (χ1n) is 9.51. The molecular weight excluding hydrogens is 472 g/mol. The maximum atomic E-state index is 12.8. The number of carbonyl (C=O) groups is 1. The van der Waals surface area contributed by atoms with Gasteiger partial charge in [0.05, 0.1) is 18.1 Å². The molecule has 2 aliphatic rings. The molecule has 2 saturated heterocycles. The third kappa shape index (κ3) is 5.19. The van der Waals surface area contributed by atoms with Crippen molar-refractivity contribution in [1.82, 2.24) is 9.80 Å². The number of hydrogen-bond donors (Lipinski definition) is 0. The number of rotatable bonds is 6. The predicted octanol–water partition coefficient (Wildman–Crippen LogP) is 4.63. The first-order chi connectivity index (χ1) is 14.1. The smallest absolute Gasteiger partial charge is 0.266 e. The van der Waals surface area contributed by atoms with Crippen molar-refractivity contribution < 1.29 is 13.9 Å². The lowest BCUT2D eigenvalue weighted by Crippen LogP contribution is -2.38. The molecule has 1 aromatic carbocycles. The van der Waals surface area contributed by atoms with Gasteiger partial charge in [-0.3, -0.25) is 14.6 Å². The van der Waals surface area contributed by atoms with Gasteiger partial charge in [0.1, 0.15) is 15.8 Å². The van der Waals surface area contributed by atoms with Crippen LogP contribution >= 0.6 is 39.9 Å². The second-order valence-corrected chi connectivity index (χ2v) is 9.44. The number of furan rings is 1. The summed E-state index contributed by atoms with van der Waals surface area (Å²) in [6.07, 6.45) is 2.68. The summed E-state index contributed by atoms with van der Waals surface area (Å²) in [5, 5.41) is 0. The van der Waals surface area contributed by atoms with Crippen molar-refractivity contribution in [2.75, 3.05) is 39.4 Å². The van der Waals surface area contributed by atoms with Crippen molar-refractivity contribution in [2.24, 2.45) is 0 Å². The van der Waals surface area contributed by atoms with Gasteiger partial charge in [0.2, 0.25) is 0 Å². The quantitative estimate of drug-likeness (QED) is 0.432. The van der Waals surface area contributed by atoms with Crippen molar-refractivity contribution >= 4 is 56.2 Å². The summed E-state index contributed by atoms with van der Waals surface area (Å²) in [5.74, 6) is 1.38. The fourth-order valence-corrected chi connectivity index (χ4v) is 4.85. The minimum absolute atomic E-state index is 0.0384. The van der Waals surface area contributed by atoms with Crippen molar-refractivity contribution in [3.63, 3.8) is 0 Å². The van der Waals surface area contributed by atoms with E-state index >= 15 is 0 Å². The molecule has 2 aromatic rings. The van der Waals surface area contributed by atoms with E-state index in [1.807, 2.05) is 36.4 Å². The van der Waals surface area contributed by atoms with Crippen molar-refractivity contribution in [2.45, 2.75) is 6.42 Å². The molecule has 0 radical (unpaired) electrons. The van der Waals surface area contributed by atoms with Crippen LogP contribution in [-0.4, -0.2) is 59.4 Å². The SMILES string of the molecule is O=C1/C(=C\c2ccc(-c3ccc(Br)cc3)o2)SC(=S)N1CCCN1CCOCC1. The van der Waals surface area contributed by atoms with Crippen LogP contribution in [0.3, 0.4) is 0 Å². The van der Waals surface area contributed by atoms with Crippen LogP contribution in [0.4, 0.5) is 0 Å². The molecular formula is C21H21BrN2O3S2. The summed E-state index contributed by atoms with van der Waals surface area (Å²) < 4.78 is 12.9.